The fourth-order valence-electron chi connectivity index (χ4n) is 0.877. The molecule has 0 heterocycles. The Morgan fingerprint density at radius 2 is 1.71 bits per heavy atom. The second-order valence-corrected chi connectivity index (χ2v) is 4.23. The van der Waals surface area contributed by atoms with Gasteiger partial charge in [-0.15, -0.1) is 23.5 Å². The van der Waals surface area contributed by atoms with Crippen LogP contribution in [0.5, 0.6) is 0 Å². The second-order valence-electron chi connectivity index (χ2n) is 2.34. The van der Waals surface area contributed by atoms with Crippen molar-refractivity contribution in [3.8, 4) is 0 Å². The van der Waals surface area contributed by atoms with Gasteiger partial charge in [0.05, 0.1) is 11.3 Å². The highest BCUT2D eigenvalue weighted by Gasteiger charge is 2.21. The van der Waals surface area contributed by atoms with Gasteiger partial charge in [-0.2, -0.15) is 0 Å². The number of ketones is 1. The van der Waals surface area contributed by atoms with Gasteiger partial charge in [-0.25, -0.2) is 4.79 Å². The molecule has 0 amide bonds. The standard InChI is InChI=1S/C9H14O3S2/c1-5-6(10)7(8(11)12-2)9(13-3)14-4/h5H2,1-4H3. The molecule has 0 saturated carbocycles. The number of hydrogen-bond donors (Lipinski definition) is 0. The van der Waals surface area contributed by atoms with Gasteiger partial charge in [0, 0.05) is 6.42 Å². The molecule has 0 radical (unpaired) electrons. The summed E-state index contributed by atoms with van der Waals surface area (Å²) in [6, 6.07) is 0. The van der Waals surface area contributed by atoms with E-state index in [4.69, 9.17) is 0 Å². The van der Waals surface area contributed by atoms with Crippen LogP contribution in [0.1, 0.15) is 13.3 Å². The van der Waals surface area contributed by atoms with E-state index in [-0.39, 0.29) is 11.4 Å². The maximum Gasteiger partial charge on any atom is 0.343 e. The van der Waals surface area contributed by atoms with Crippen molar-refractivity contribution in [1.82, 2.24) is 0 Å². The molecule has 0 rings (SSSR count). The van der Waals surface area contributed by atoms with Crippen LogP contribution in [0.4, 0.5) is 0 Å². The van der Waals surface area contributed by atoms with Crippen molar-refractivity contribution in [3.63, 3.8) is 0 Å². The molecule has 5 heteroatoms. The molecule has 0 atom stereocenters. The Bertz CT molecular complexity index is 235. The van der Waals surface area contributed by atoms with E-state index in [1.807, 2.05) is 12.5 Å². The largest absolute Gasteiger partial charge is 0.465 e. The Kier molecular flexibility index (Phi) is 6.74. The van der Waals surface area contributed by atoms with E-state index in [1.165, 1.54) is 30.6 Å². The summed E-state index contributed by atoms with van der Waals surface area (Å²) in [5, 5.41) is 0. The summed E-state index contributed by atoms with van der Waals surface area (Å²) in [5.41, 5.74) is 0.176. The average molecular weight is 234 g/mol. The first-order chi connectivity index (χ1) is 6.62. The van der Waals surface area contributed by atoms with Crippen LogP contribution in [0, 0.1) is 0 Å². The molecule has 3 nitrogen and oxygen atoms in total. The third kappa shape index (κ3) is 3.38. The zero-order valence-corrected chi connectivity index (χ0v) is 10.4. The molecule has 80 valence electrons. The Morgan fingerprint density at radius 3 is 2.00 bits per heavy atom. The van der Waals surface area contributed by atoms with Gasteiger partial charge in [0.1, 0.15) is 5.57 Å². The van der Waals surface area contributed by atoms with E-state index in [1.54, 1.807) is 6.92 Å². The minimum absolute atomic E-state index is 0.171. The average Bonchev–Trinajstić information content (AvgIpc) is 2.23. The number of Topliss-reactive ketones (excluding diaryl/α,β-unsaturated/α-hetero) is 1. The molecule has 0 aromatic carbocycles. The van der Waals surface area contributed by atoms with Crippen molar-refractivity contribution >= 4 is 35.3 Å². The van der Waals surface area contributed by atoms with Crippen LogP contribution in [-0.4, -0.2) is 31.4 Å². The first-order valence-electron chi connectivity index (χ1n) is 4.06. The third-order valence-corrected chi connectivity index (χ3v) is 3.71. The fourth-order valence-corrected chi connectivity index (χ4v) is 2.35. The first kappa shape index (κ1) is 13.6. The molecular formula is C9H14O3S2. The number of rotatable bonds is 5. The number of hydrogen-bond acceptors (Lipinski definition) is 5. The first-order valence-corrected chi connectivity index (χ1v) is 6.51. The van der Waals surface area contributed by atoms with Gasteiger partial charge in [-0.1, -0.05) is 6.92 Å². The van der Waals surface area contributed by atoms with Crippen LogP contribution in [0.2, 0.25) is 0 Å². The molecule has 0 bridgehead atoms. The minimum Gasteiger partial charge on any atom is -0.465 e. The summed E-state index contributed by atoms with van der Waals surface area (Å²) in [7, 11) is 1.28. The highest BCUT2D eigenvalue weighted by atomic mass is 32.2. The van der Waals surface area contributed by atoms with Crippen molar-refractivity contribution in [2.24, 2.45) is 0 Å². The van der Waals surface area contributed by atoms with Crippen molar-refractivity contribution in [1.29, 1.82) is 0 Å². The van der Waals surface area contributed by atoms with Crippen LogP contribution in [0.25, 0.3) is 0 Å². The van der Waals surface area contributed by atoms with Crippen molar-refractivity contribution in [3.05, 3.63) is 9.81 Å². The quantitative estimate of drug-likeness (QED) is 0.315. The monoisotopic (exact) mass is 234 g/mol. The summed E-state index contributed by atoms with van der Waals surface area (Å²) in [4.78, 5) is 22.8. The number of thioether (sulfide) groups is 2. The van der Waals surface area contributed by atoms with E-state index in [2.05, 4.69) is 4.74 Å². The molecule has 0 unspecified atom stereocenters. The van der Waals surface area contributed by atoms with E-state index in [9.17, 15) is 9.59 Å². The summed E-state index contributed by atoms with van der Waals surface area (Å²) in [5.74, 6) is -0.717. The SMILES string of the molecule is CCC(=O)C(C(=O)OC)=C(SC)SC. The summed E-state index contributed by atoms with van der Waals surface area (Å²) >= 11 is 2.77. The van der Waals surface area contributed by atoms with E-state index < -0.39 is 5.97 Å². The predicted octanol–water partition coefficient (Wildman–Crippen LogP) is 2.08. The van der Waals surface area contributed by atoms with Crippen LogP contribution in [0.3, 0.4) is 0 Å². The van der Waals surface area contributed by atoms with Crippen LogP contribution < -0.4 is 0 Å². The highest BCUT2D eigenvalue weighted by molar-refractivity contribution is 8.21. The van der Waals surface area contributed by atoms with Crippen molar-refractivity contribution in [2.75, 3.05) is 19.6 Å². The molecule has 0 aromatic heterocycles. The van der Waals surface area contributed by atoms with Gasteiger partial charge < -0.3 is 4.74 Å². The van der Waals surface area contributed by atoms with Crippen LogP contribution >= 0.6 is 23.5 Å². The predicted molar refractivity (Wildman–Crippen MR) is 61.4 cm³/mol. The molecular weight excluding hydrogens is 220 g/mol. The van der Waals surface area contributed by atoms with Gasteiger partial charge in [0.15, 0.2) is 5.78 Å². The lowest BCUT2D eigenvalue weighted by molar-refractivity contribution is -0.137. The Balaban J connectivity index is 5.16. The summed E-state index contributed by atoms with van der Waals surface area (Å²) in [6.07, 6.45) is 3.98. The Hall–Kier alpha value is -0.420. The molecule has 0 aliphatic rings. The molecule has 0 spiro atoms. The van der Waals surface area contributed by atoms with Gasteiger partial charge >= 0.3 is 5.97 Å². The summed E-state index contributed by atoms with van der Waals surface area (Å²) < 4.78 is 5.29. The van der Waals surface area contributed by atoms with Crippen LogP contribution in [0.15, 0.2) is 9.81 Å². The number of esters is 1. The number of methoxy groups -OCH3 is 1. The van der Waals surface area contributed by atoms with Crippen LogP contribution in [-0.2, 0) is 14.3 Å². The summed E-state index contributed by atoms with van der Waals surface area (Å²) in [6.45, 7) is 1.73. The van der Waals surface area contributed by atoms with Gasteiger partial charge in [0.25, 0.3) is 0 Å². The van der Waals surface area contributed by atoms with Crippen molar-refractivity contribution < 1.29 is 14.3 Å². The Labute approximate surface area is 92.7 Å². The highest BCUT2D eigenvalue weighted by Crippen LogP contribution is 2.29. The number of carbonyl (C=O) groups excluding carboxylic acids is 2. The van der Waals surface area contributed by atoms with Gasteiger partial charge in [0.2, 0.25) is 0 Å². The normalized spacial score (nSPS) is 9.43. The maximum absolute atomic E-state index is 11.5. The lowest BCUT2D eigenvalue weighted by Crippen LogP contribution is -2.15. The number of carbonyl (C=O) groups is 2. The maximum atomic E-state index is 11.5. The molecule has 0 aromatic rings. The number of ether oxygens (including phenoxy) is 1. The molecule has 0 fully saturated rings. The topological polar surface area (TPSA) is 43.4 Å². The third-order valence-electron chi connectivity index (χ3n) is 1.56. The minimum atomic E-state index is -0.546. The molecule has 0 saturated heterocycles. The van der Waals surface area contributed by atoms with E-state index in [0.717, 1.165) is 0 Å². The zero-order chi connectivity index (χ0) is 11.1. The molecule has 14 heavy (non-hydrogen) atoms. The molecule has 0 aliphatic heterocycles. The lowest BCUT2D eigenvalue weighted by atomic mass is 10.1. The van der Waals surface area contributed by atoms with E-state index in [0.29, 0.717) is 10.7 Å². The lowest BCUT2D eigenvalue weighted by Gasteiger charge is -2.07. The molecule has 0 N–H and O–H groups in total. The van der Waals surface area contributed by atoms with Gasteiger partial charge in [-0.05, 0) is 12.5 Å². The molecule has 0 aliphatic carbocycles. The zero-order valence-electron chi connectivity index (χ0n) is 8.75. The van der Waals surface area contributed by atoms with Crippen molar-refractivity contribution in [2.45, 2.75) is 13.3 Å². The van der Waals surface area contributed by atoms with Gasteiger partial charge in [-0.3, -0.25) is 4.79 Å². The smallest absolute Gasteiger partial charge is 0.343 e. The fraction of sp³-hybridized carbons (Fsp3) is 0.556. The second kappa shape index (κ2) is 6.95. The van der Waals surface area contributed by atoms with E-state index >= 15 is 0 Å². The Morgan fingerprint density at radius 1 is 1.21 bits per heavy atom.